The van der Waals surface area contributed by atoms with Crippen LogP contribution in [0.4, 0.5) is 0 Å². The molecule has 0 spiro atoms. The highest BCUT2D eigenvalue weighted by Gasteiger charge is 2.16. The fourth-order valence-electron chi connectivity index (χ4n) is 2.35. The van der Waals surface area contributed by atoms with Crippen LogP contribution in [0.15, 0.2) is 4.47 Å². The molecule has 19 heavy (non-hydrogen) atoms. The highest BCUT2D eigenvalue weighted by atomic mass is 79.9. The molecule has 104 valence electrons. The van der Waals surface area contributed by atoms with Crippen LogP contribution in [0.25, 0.3) is 0 Å². The zero-order chi connectivity index (χ0) is 14.2. The van der Waals surface area contributed by atoms with Gasteiger partial charge in [0, 0.05) is 24.3 Å². The minimum absolute atomic E-state index is 0.533. The molecule has 0 saturated carbocycles. The second-order valence-electron chi connectivity index (χ2n) is 4.67. The predicted molar refractivity (Wildman–Crippen MR) is 79.0 cm³/mol. The summed E-state index contributed by atoms with van der Waals surface area (Å²) in [5.41, 5.74) is 11.2. The molecule has 2 N–H and O–H groups in total. The Morgan fingerprint density at radius 2 is 1.74 bits per heavy atom. The number of nitrogens with two attached hydrogens (primary N) is 1. The van der Waals surface area contributed by atoms with Crippen LogP contribution in [-0.2, 0) is 19.6 Å². The van der Waals surface area contributed by atoms with Crippen molar-refractivity contribution in [2.24, 2.45) is 5.73 Å². The van der Waals surface area contributed by atoms with Crippen molar-refractivity contribution in [2.45, 2.75) is 47.3 Å². The molecule has 0 aliphatic heterocycles. The molecule has 0 amide bonds. The van der Waals surface area contributed by atoms with E-state index in [0.717, 1.165) is 39.4 Å². The highest BCUT2D eigenvalue weighted by molar-refractivity contribution is 9.10. The topological polar surface area (TPSA) is 61.7 Å². The Morgan fingerprint density at radius 1 is 1.11 bits per heavy atom. The maximum atomic E-state index is 5.77. The minimum atomic E-state index is 0.533. The van der Waals surface area contributed by atoms with E-state index in [1.54, 1.807) is 0 Å². The van der Waals surface area contributed by atoms with E-state index in [9.17, 15) is 0 Å². The SMILES string of the molecule is CCn1nc(C)c(Br)c1Cn1nc(C)c(CN)c1C. The molecule has 2 rings (SSSR count). The molecular weight excluding hydrogens is 306 g/mol. The van der Waals surface area contributed by atoms with Gasteiger partial charge in [-0.15, -0.1) is 0 Å². The molecule has 6 heteroatoms. The van der Waals surface area contributed by atoms with Crippen molar-refractivity contribution in [1.82, 2.24) is 19.6 Å². The first kappa shape index (κ1) is 14.3. The lowest BCUT2D eigenvalue weighted by atomic mass is 10.2. The molecule has 0 aliphatic rings. The van der Waals surface area contributed by atoms with Crippen molar-refractivity contribution in [1.29, 1.82) is 0 Å². The first-order valence-electron chi connectivity index (χ1n) is 6.44. The lowest BCUT2D eigenvalue weighted by Gasteiger charge is -2.08. The van der Waals surface area contributed by atoms with Crippen LogP contribution in [0.3, 0.4) is 0 Å². The molecule has 0 bridgehead atoms. The zero-order valence-electron chi connectivity index (χ0n) is 11.9. The van der Waals surface area contributed by atoms with Gasteiger partial charge in [0.15, 0.2) is 0 Å². The standard InChI is InChI=1S/C13H20BrN5/c1-5-18-12(13(14)9(3)17-18)7-19-10(4)11(6-15)8(2)16-19/h5-7,15H2,1-4H3. The molecule has 2 heterocycles. The lowest BCUT2D eigenvalue weighted by molar-refractivity contribution is 0.565. The fourth-order valence-corrected chi connectivity index (χ4v) is 2.75. The average molecular weight is 326 g/mol. The van der Waals surface area contributed by atoms with Gasteiger partial charge < -0.3 is 5.73 Å². The van der Waals surface area contributed by atoms with Crippen LogP contribution >= 0.6 is 15.9 Å². The Hall–Kier alpha value is -1.14. The largest absolute Gasteiger partial charge is 0.326 e. The second-order valence-corrected chi connectivity index (χ2v) is 5.47. The van der Waals surface area contributed by atoms with Crippen molar-refractivity contribution in [3.8, 4) is 0 Å². The quantitative estimate of drug-likeness (QED) is 0.938. The predicted octanol–water partition coefficient (Wildman–Crippen LogP) is 2.29. The van der Waals surface area contributed by atoms with Crippen molar-refractivity contribution < 1.29 is 0 Å². The Labute approximate surface area is 121 Å². The van der Waals surface area contributed by atoms with Crippen LogP contribution in [0, 0.1) is 20.8 Å². The van der Waals surface area contributed by atoms with Gasteiger partial charge in [-0.1, -0.05) is 0 Å². The van der Waals surface area contributed by atoms with Gasteiger partial charge in [0.25, 0.3) is 0 Å². The number of hydrogen-bond acceptors (Lipinski definition) is 3. The maximum absolute atomic E-state index is 5.77. The molecule has 0 atom stereocenters. The van der Waals surface area contributed by atoms with E-state index in [1.807, 2.05) is 23.2 Å². The van der Waals surface area contributed by atoms with Crippen molar-refractivity contribution in [2.75, 3.05) is 0 Å². The number of hydrogen-bond donors (Lipinski definition) is 1. The molecular formula is C13H20BrN5. The number of rotatable bonds is 4. The van der Waals surface area contributed by atoms with Gasteiger partial charge in [0.1, 0.15) is 0 Å². The van der Waals surface area contributed by atoms with E-state index in [0.29, 0.717) is 13.1 Å². The van der Waals surface area contributed by atoms with E-state index in [1.165, 1.54) is 0 Å². The molecule has 2 aromatic rings. The summed E-state index contributed by atoms with van der Waals surface area (Å²) in [6.45, 7) is 10.3. The van der Waals surface area contributed by atoms with Crippen molar-refractivity contribution in [3.63, 3.8) is 0 Å². The Morgan fingerprint density at radius 3 is 2.26 bits per heavy atom. The molecule has 0 fully saturated rings. The molecule has 0 aromatic carbocycles. The van der Waals surface area contributed by atoms with Crippen LogP contribution in [0.2, 0.25) is 0 Å². The summed E-state index contributed by atoms with van der Waals surface area (Å²) < 4.78 is 5.08. The molecule has 0 radical (unpaired) electrons. The van der Waals surface area contributed by atoms with Gasteiger partial charge in [0.05, 0.1) is 28.1 Å². The summed E-state index contributed by atoms with van der Waals surface area (Å²) in [6.07, 6.45) is 0. The first-order valence-corrected chi connectivity index (χ1v) is 7.23. The minimum Gasteiger partial charge on any atom is -0.326 e. The number of nitrogens with zero attached hydrogens (tertiary/aromatic N) is 4. The van der Waals surface area contributed by atoms with E-state index in [4.69, 9.17) is 5.73 Å². The third-order valence-electron chi connectivity index (χ3n) is 3.49. The van der Waals surface area contributed by atoms with Gasteiger partial charge in [-0.2, -0.15) is 10.2 Å². The average Bonchev–Trinajstić information content (AvgIpc) is 2.80. The summed E-state index contributed by atoms with van der Waals surface area (Å²) in [7, 11) is 0. The van der Waals surface area contributed by atoms with E-state index < -0.39 is 0 Å². The van der Waals surface area contributed by atoms with Crippen molar-refractivity contribution in [3.05, 3.63) is 32.8 Å². The first-order chi connectivity index (χ1) is 8.99. The molecule has 0 saturated heterocycles. The lowest BCUT2D eigenvalue weighted by Crippen LogP contribution is -2.11. The maximum Gasteiger partial charge on any atom is 0.0843 e. The summed E-state index contributed by atoms with van der Waals surface area (Å²) in [4.78, 5) is 0. The summed E-state index contributed by atoms with van der Waals surface area (Å²) in [5.74, 6) is 0. The van der Waals surface area contributed by atoms with Gasteiger partial charge in [-0.25, -0.2) is 0 Å². The van der Waals surface area contributed by atoms with E-state index in [-0.39, 0.29) is 0 Å². The van der Waals surface area contributed by atoms with Gasteiger partial charge in [-0.3, -0.25) is 9.36 Å². The molecule has 2 aromatic heterocycles. The summed E-state index contributed by atoms with van der Waals surface area (Å²) in [6, 6.07) is 0. The van der Waals surface area contributed by atoms with Crippen LogP contribution in [0.5, 0.6) is 0 Å². The van der Waals surface area contributed by atoms with Gasteiger partial charge in [0.2, 0.25) is 0 Å². The van der Waals surface area contributed by atoms with Crippen LogP contribution < -0.4 is 5.73 Å². The number of halogens is 1. The zero-order valence-corrected chi connectivity index (χ0v) is 13.5. The number of aryl methyl sites for hydroxylation is 3. The Balaban J connectivity index is 2.42. The normalized spacial score (nSPS) is 11.3. The smallest absolute Gasteiger partial charge is 0.0843 e. The summed E-state index contributed by atoms with van der Waals surface area (Å²) in [5, 5.41) is 9.08. The van der Waals surface area contributed by atoms with Crippen LogP contribution in [0.1, 0.15) is 35.3 Å². The third kappa shape index (κ3) is 2.47. The number of aromatic nitrogens is 4. The van der Waals surface area contributed by atoms with E-state index in [2.05, 4.69) is 40.0 Å². The fraction of sp³-hybridized carbons (Fsp3) is 0.538. The van der Waals surface area contributed by atoms with Crippen LogP contribution in [-0.4, -0.2) is 19.6 Å². The molecule has 0 aliphatic carbocycles. The molecule has 0 unspecified atom stereocenters. The Kier molecular flexibility index (Phi) is 4.10. The Bertz CT molecular complexity index is 597. The third-order valence-corrected chi connectivity index (χ3v) is 4.52. The second kappa shape index (κ2) is 5.46. The molecule has 5 nitrogen and oxygen atoms in total. The van der Waals surface area contributed by atoms with E-state index >= 15 is 0 Å². The summed E-state index contributed by atoms with van der Waals surface area (Å²) >= 11 is 3.62. The van der Waals surface area contributed by atoms with Gasteiger partial charge in [-0.05, 0) is 43.6 Å². The highest BCUT2D eigenvalue weighted by Crippen LogP contribution is 2.23. The van der Waals surface area contributed by atoms with Gasteiger partial charge >= 0.3 is 0 Å². The monoisotopic (exact) mass is 325 g/mol. The van der Waals surface area contributed by atoms with Crippen molar-refractivity contribution >= 4 is 15.9 Å².